The van der Waals surface area contributed by atoms with Gasteiger partial charge >= 0.3 is 0 Å². The lowest BCUT2D eigenvalue weighted by Crippen LogP contribution is -2.17. The zero-order valence-electron chi connectivity index (χ0n) is 17.1. The Bertz CT molecular complexity index is 1470. The first-order valence-electron chi connectivity index (χ1n) is 9.89. The van der Waals surface area contributed by atoms with Crippen LogP contribution in [-0.4, -0.2) is 29.9 Å². The van der Waals surface area contributed by atoms with E-state index in [2.05, 4.69) is 9.97 Å². The Morgan fingerprint density at radius 3 is 2.52 bits per heavy atom. The van der Waals surface area contributed by atoms with E-state index in [4.69, 9.17) is 16.7 Å². The van der Waals surface area contributed by atoms with Gasteiger partial charge < -0.3 is 4.98 Å². The van der Waals surface area contributed by atoms with Crippen molar-refractivity contribution < 1.29 is 22.0 Å². The second-order valence-corrected chi connectivity index (χ2v) is 9.69. The van der Waals surface area contributed by atoms with Gasteiger partial charge in [-0.05, 0) is 48.2 Å². The predicted molar refractivity (Wildman–Crippen MR) is 123 cm³/mol. The molecule has 0 saturated heterocycles. The zero-order chi connectivity index (χ0) is 23.8. The lowest BCUT2D eigenvalue weighted by Gasteiger charge is -2.09. The van der Waals surface area contributed by atoms with Crippen molar-refractivity contribution in [2.24, 2.45) is 5.14 Å². The summed E-state index contributed by atoms with van der Waals surface area (Å²) in [5.41, 5.74) is 1.28. The molecule has 0 bridgehead atoms. The van der Waals surface area contributed by atoms with Crippen molar-refractivity contribution in [3.8, 4) is 11.1 Å². The molecule has 0 aliphatic carbocycles. The number of benzene rings is 2. The first-order valence-corrected chi connectivity index (χ1v) is 12.0. The smallest absolute Gasteiger partial charge is 0.209 e. The van der Waals surface area contributed by atoms with Crippen LogP contribution in [0.3, 0.4) is 0 Å². The molecular weight excluding hydrogens is 472 g/mol. The van der Waals surface area contributed by atoms with Crippen molar-refractivity contribution in [3.63, 3.8) is 0 Å². The van der Waals surface area contributed by atoms with Crippen molar-refractivity contribution >= 4 is 38.4 Å². The summed E-state index contributed by atoms with van der Waals surface area (Å²) < 4.78 is 51.9. The van der Waals surface area contributed by atoms with Crippen LogP contribution in [0.4, 0.5) is 8.78 Å². The van der Waals surface area contributed by atoms with E-state index in [0.29, 0.717) is 21.6 Å². The van der Waals surface area contributed by atoms with Crippen LogP contribution in [0, 0.1) is 11.6 Å². The van der Waals surface area contributed by atoms with Crippen molar-refractivity contribution in [2.45, 2.75) is 12.8 Å². The molecule has 10 heteroatoms. The Balaban J connectivity index is 1.71. The monoisotopic (exact) mass is 489 g/mol. The number of nitrogens with zero attached hydrogens (tertiary/aromatic N) is 1. The van der Waals surface area contributed by atoms with Crippen molar-refractivity contribution in [3.05, 3.63) is 88.2 Å². The molecule has 0 spiro atoms. The molecule has 4 aromatic rings. The molecule has 0 fully saturated rings. The van der Waals surface area contributed by atoms with Crippen molar-refractivity contribution in [1.29, 1.82) is 0 Å². The lowest BCUT2D eigenvalue weighted by atomic mass is 9.97. The minimum atomic E-state index is -3.71. The van der Waals surface area contributed by atoms with Crippen LogP contribution in [-0.2, 0) is 16.4 Å². The van der Waals surface area contributed by atoms with Crippen LogP contribution in [0.2, 0.25) is 5.02 Å². The Morgan fingerprint density at radius 1 is 1.09 bits per heavy atom. The van der Waals surface area contributed by atoms with Gasteiger partial charge in [-0.1, -0.05) is 29.8 Å². The average Bonchev–Trinajstić information content (AvgIpc) is 3.18. The van der Waals surface area contributed by atoms with E-state index in [1.807, 2.05) is 0 Å². The highest BCUT2D eigenvalue weighted by molar-refractivity contribution is 7.89. The molecule has 0 aliphatic rings. The summed E-state index contributed by atoms with van der Waals surface area (Å²) in [6, 6.07) is 10.9. The molecule has 0 saturated carbocycles. The minimum absolute atomic E-state index is 0.0149. The van der Waals surface area contributed by atoms with Gasteiger partial charge in [-0.25, -0.2) is 27.3 Å². The van der Waals surface area contributed by atoms with E-state index < -0.39 is 33.0 Å². The highest BCUT2D eigenvalue weighted by Crippen LogP contribution is 2.29. The molecule has 3 N–H and O–H groups in total. The zero-order valence-corrected chi connectivity index (χ0v) is 18.7. The number of pyridine rings is 1. The number of hydrogen-bond donors (Lipinski definition) is 2. The number of nitrogens with two attached hydrogens (primary N) is 1. The van der Waals surface area contributed by atoms with E-state index >= 15 is 4.39 Å². The number of nitrogens with one attached hydrogen (secondary N) is 1. The number of aromatic amines is 1. The Hall–Kier alpha value is -3.14. The molecule has 0 amide bonds. The minimum Gasteiger partial charge on any atom is -0.345 e. The standard InChI is InChI=1S/C23H18ClF2N3O3S/c24-16-6-3-13(4-7-16)15-10-17-18(12-29-23(17)28-11-15)22(30)20-19(25)8-5-14(21(20)26)2-1-9-33(27,31)32/h3-8,10-12H,1-2,9H2,(H,28,29)(H2,27,31,32). The molecule has 2 aromatic carbocycles. The number of aromatic nitrogens is 2. The van der Waals surface area contributed by atoms with Crippen LogP contribution in [0.25, 0.3) is 22.2 Å². The number of hydrogen-bond acceptors (Lipinski definition) is 4. The predicted octanol–water partition coefficient (Wildman–Crippen LogP) is 4.61. The first kappa shape index (κ1) is 23.0. The van der Waals surface area contributed by atoms with E-state index in [-0.39, 0.29) is 29.7 Å². The number of H-pyrrole nitrogens is 1. The second kappa shape index (κ2) is 9.01. The fourth-order valence-corrected chi connectivity index (χ4v) is 4.26. The molecule has 170 valence electrons. The molecule has 0 unspecified atom stereocenters. The van der Waals surface area contributed by atoms with Gasteiger partial charge in [0.05, 0.1) is 11.3 Å². The van der Waals surface area contributed by atoms with Gasteiger partial charge in [0, 0.05) is 33.9 Å². The van der Waals surface area contributed by atoms with E-state index in [9.17, 15) is 17.6 Å². The Morgan fingerprint density at radius 2 is 1.82 bits per heavy atom. The molecule has 6 nitrogen and oxygen atoms in total. The van der Waals surface area contributed by atoms with E-state index in [1.54, 1.807) is 36.5 Å². The van der Waals surface area contributed by atoms with E-state index in [1.165, 1.54) is 12.3 Å². The highest BCUT2D eigenvalue weighted by atomic mass is 35.5. The second-order valence-electron chi connectivity index (χ2n) is 7.52. The summed E-state index contributed by atoms with van der Waals surface area (Å²) in [5, 5.41) is 5.94. The van der Waals surface area contributed by atoms with Crippen LogP contribution in [0.1, 0.15) is 27.9 Å². The maximum Gasteiger partial charge on any atom is 0.209 e. The number of rotatable bonds is 7. The molecule has 0 aliphatic heterocycles. The van der Waals surface area contributed by atoms with Crippen LogP contribution in [0.15, 0.2) is 54.9 Å². The molecule has 2 heterocycles. The van der Waals surface area contributed by atoms with Crippen LogP contribution >= 0.6 is 11.6 Å². The fraction of sp³-hybridized carbons (Fsp3) is 0.130. The van der Waals surface area contributed by atoms with E-state index in [0.717, 1.165) is 11.6 Å². The maximum absolute atomic E-state index is 15.1. The van der Waals surface area contributed by atoms with Crippen LogP contribution in [0.5, 0.6) is 0 Å². The summed E-state index contributed by atoms with van der Waals surface area (Å²) in [7, 11) is -3.71. The maximum atomic E-state index is 15.1. The van der Waals surface area contributed by atoms with Gasteiger partial charge in [0.25, 0.3) is 0 Å². The fourth-order valence-electron chi connectivity index (χ4n) is 3.59. The van der Waals surface area contributed by atoms with Crippen LogP contribution < -0.4 is 5.14 Å². The first-order chi connectivity index (χ1) is 15.6. The Labute approximate surface area is 193 Å². The van der Waals surface area contributed by atoms with Gasteiger partial charge in [-0.15, -0.1) is 0 Å². The Kier molecular flexibility index (Phi) is 6.29. The number of ketones is 1. The summed E-state index contributed by atoms with van der Waals surface area (Å²) in [4.78, 5) is 20.3. The SMILES string of the molecule is NS(=O)(=O)CCCc1ccc(F)c(C(=O)c2c[nH]c3ncc(-c4ccc(Cl)cc4)cc23)c1F. The third-order valence-corrected chi connectivity index (χ3v) is 6.34. The quantitative estimate of drug-likeness (QED) is 0.369. The molecule has 4 rings (SSSR count). The van der Waals surface area contributed by atoms with Gasteiger partial charge in [-0.3, -0.25) is 4.79 Å². The lowest BCUT2D eigenvalue weighted by molar-refractivity contribution is 0.103. The molecule has 0 radical (unpaired) electrons. The number of fused-ring (bicyclic) bond motifs is 1. The third kappa shape index (κ3) is 4.95. The number of carbonyl (C=O) groups is 1. The largest absolute Gasteiger partial charge is 0.345 e. The molecule has 0 atom stereocenters. The average molecular weight is 490 g/mol. The normalized spacial score (nSPS) is 11.8. The van der Waals surface area contributed by atoms with Gasteiger partial charge in [0.2, 0.25) is 15.8 Å². The number of aryl methyl sites for hydroxylation is 1. The summed E-state index contributed by atoms with van der Waals surface area (Å²) in [5.74, 6) is -3.23. The molecule has 33 heavy (non-hydrogen) atoms. The highest BCUT2D eigenvalue weighted by Gasteiger charge is 2.24. The van der Waals surface area contributed by atoms with Crippen molar-refractivity contribution in [1.82, 2.24) is 9.97 Å². The molecular formula is C23H18ClF2N3O3S. The third-order valence-electron chi connectivity index (χ3n) is 5.23. The topological polar surface area (TPSA) is 106 Å². The number of sulfonamides is 1. The molecule has 2 aromatic heterocycles. The number of carbonyl (C=O) groups excluding carboxylic acids is 1. The number of halogens is 3. The summed E-state index contributed by atoms with van der Waals surface area (Å²) in [6.07, 6.45) is 3.00. The van der Waals surface area contributed by atoms with Crippen molar-refractivity contribution in [2.75, 3.05) is 5.75 Å². The van der Waals surface area contributed by atoms with Gasteiger partial charge in [0.15, 0.2) is 0 Å². The summed E-state index contributed by atoms with van der Waals surface area (Å²) in [6.45, 7) is 0. The van der Waals surface area contributed by atoms with Gasteiger partial charge in [-0.2, -0.15) is 0 Å². The number of primary sulfonamides is 1. The summed E-state index contributed by atoms with van der Waals surface area (Å²) >= 11 is 5.94. The van der Waals surface area contributed by atoms with Gasteiger partial charge in [0.1, 0.15) is 17.3 Å².